The summed E-state index contributed by atoms with van der Waals surface area (Å²) < 4.78 is 38.5. The molecule has 0 aliphatic rings. The van der Waals surface area contributed by atoms with E-state index < -0.39 is 15.8 Å². The maximum Gasteiger partial charge on any atom is 0.243 e. The lowest BCUT2D eigenvalue weighted by atomic mass is 10.3. The van der Waals surface area contributed by atoms with Crippen LogP contribution in [0.1, 0.15) is 0 Å². The Balaban J connectivity index is 3.17. The first-order valence-corrected chi connectivity index (χ1v) is 6.64. The Morgan fingerprint density at radius 3 is 2.67 bits per heavy atom. The molecule has 0 aliphatic heterocycles. The molecule has 0 heterocycles. The van der Waals surface area contributed by atoms with E-state index in [-0.39, 0.29) is 30.3 Å². The van der Waals surface area contributed by atoms with Crippen LogP contribution in [0.3, 0.4) is 0 Å². The van der Waals surface area contributed by atoms with Gasteiger partial charge in [0.2, 0.25) is 10.0 Å². The molecule has 0 saturated carbocycles. The summed E-state index contributed by atoms with van der Waals surface area (Å²) in [5, 5.41) is 8.84. The largest absolute Gasteiger partial charge is 0.396 e. The van der Waals surface area contributed by atoms with Gasteiger partial charge in [0.25, 0.3) is 0 Å². The van der Waals surface area contributed by atoms with Crippen molar-refractivity contribution in [3.8, 4) is 0 Å². The summed E-state index contributed by atoms with van der Waals surface area (Å²) in [6.07, 6.45) is 1.39. The lowest BCUT2D eigenvalue weighted by Gasteiger charge is -2.19. The number of hydrogen-bond acceptors (Lipinski definition) is 4. The average Bonchev–Trinajstić information content (AvgIpc) is 2.32. The average molecular weight is 274 g/mol. The van der Waals surface area contributed by atoms with Crippen LogP contribution >= 0.6 is 0 Å². The van der Waals surface area contributed by atoms with Crippen molar-refractivity contribution in [2.45, 2.75) is 4.90 Å². The molecule has 5 nitrogen and oxygen atoms in total. The minimum Gasteiger partial charge on any atom is -0.396 e. The van der Waals surface area contributed by atoms with E-state index in [0.717, 1.165) is 10.4 Å². The van der Waals surface area contributed by atoms with E-state index >= 15 is 0 Å². The molecule has 0 aliphatic carbocycles. The Bertz CT molecular complexity index is 531. The molecule has 0 saturated heterocycles. The van der Waals surface area contributed by atoms with E-state index in [1.54, 1.807) is 0 Å². The Kier molecular flexibility index (Phi) is 4.83. The maximum atomic E-state index is 13.3. The molecule has 3 N–H and O–H groups in total. The number of nitrogens with zero attached hydrogens (tertiary/aromatic N) is 1. The van der Waals surface area contributed by atoms with E-state index in [9.17, 15) is 12.8 Å². The number of aliphatic hydroxyl groups excluding tert-OH is 1. The highest BCUT2D eigenvalue weighted by atomic mass is 32.2. The van der Waals surface area contributed by atoms with Crippen LogP contribution in [0, 0.1) is 5.82 Å². The molecular weight excluding hydrogens is 259 g/mol. The second-order valence-corrected chi connectivity index (χ2v) is 5.50. The lowest BCUT2D eigenvalue weighted by Crippen LogP contribution is -2.33. The first-order chi connectivity index (χ1) is 8.43. The van der Waals surface area contributed by atoms with Gasteiger partial charge in [-0.15, -0.1) is 6.58 Å². The van der Waals surface area contributed by atoms with Crippen molar-refractivity contribution in [1.82, 2.24) is 4.31 Å². The van der Waals surface area contributed by atoms with E-state index in [4.69, 9.17) is 10.8 Å². The van der Waals surface area contributed by atoms with Crippen LogP contribution in [0.2, 0.25) is 0 Å². The van der Waals surface area contributed by atoms with Crippen LogP contribution in [-0.2, 0) is 10.0 Å². The monoisotopic (exact) mass is 274 g/mol. The number of nitrogen functional groups attached to an aromatic ring is 1. The van der Waals surface area contributed by atoms with Gasteiger partial charge in [0.05, 0.1) is 17.2 Å². The van der Waals surface area contributed by atoms with Gasteiger partial charge in [-0.2, -0.15) is 4.31 Å². The smallest absolute Gasteiger partial charge is 0.243 e. The second-order valence-electron chi connectivity index (χ2n) is 3.56. The molecule has 0 bridgehead atoms. The van der Waals surface area contributed by atoms with Crippen molar-refractivity contribution >= 4 is 15.7 Å². The van der Waals surface area contributed by atoms with Crippen molar-refractivity contribution in [2.24, 2.45) is 0 Å². The summed E-state index contributed by atoms with van der Waals surface area (Å²) in [6.45, 7) is 3.06. The highest BCUT2D eigenvalue weighted by Crippen LogP contribution is 2.19. The van der Waals surface area contributed by atoms with Crippen molar-refractivity contribution in [2.75, 3.05) is 25.4 Å². The minimum atomic E-state index is -3.86. The third-order valence-corrected chi connectivity index (χ3v) is 4.15. The van der Waals surface area contributed by atoms with Crippen LogP contribution in [0.4, 0.5) is 10.1 Å². The van der Waals surface area contributed by atoms with Crippen molar-refractivity contribution in [1.29, 1.82) is 0 Å². The van der Waals surface area contributed by atoms with Crippen LogP contribution < -0.4 is 5.73 Å². The molecule has 1 aromatic carbocycles. The number of aliphatic hydroxyl groups is 1. The van der Waals surface area contributed by atoms with E-state index in [1.165, 1.54) is 18.2 Å². The van der Waals surface area contributed by atoms with E-state index in [1.807, 2.05) is 0 Å². The van der Waals surface area contributed by atoms with Crippen molar-refractivity contribution in [3.05, 3.63) is 36.7 Å². The number of halogens is 1. The standard InChI is InChI=1S/C11H15FN2O3S/c1-2-5-14(6-7-15)18(16,17)9-3-4-11(13)10(12)8-9/h2-4,8,15H,1,5-7,13H2. The fourth-order valence-corrected chi connectivity index (χ4v) is 2.80. The van der Waals surface area contributed by atoms with Gasteiger partial charge in [-0.3, -0.25) is 0 Å². The highest BCUT2D eigenvalue weighted by molar-refractivity contribution is 7.89. The summed E-state index contributed by atoms with van der Waals surface area (Å²) >= 11 is 0. The number of anilines is 1. The third-order valence-electron chi connectivity index (χ3n) is 2.29. The second kappa shape index (κ2) is 5.94. The first kappa shape index (κ1) is 14.6. The molecule has 1 aromatic rings. The van der Waals surface area contributed by atoms with Crippen LogP contribution in [0.25, 0.3) is 0 Å². The lowest BCUT2D eigenvalue weighted by molar-refractivity contribution is 0.260. The molecule has 0 atom stereocenters. The van der Waals surface area contributed by atoms with Crippen LogP contribution in [0.5, 0.6) is 0 Å². The highest BCUT2D eigenvalue weighted by Gasteiger charge is 2.23. The van der Waals surface area contributed by atoms with Crippen molar-refractivity contribution < 1.29 is 17.9 Å². The molecule has 0 aromatic heterocycles. The quantitative estimate of drug-likeness (QED) is 0.587. The molecule has 0 radical (unpaired) electrons. The summed E-state index contributed by atoms with van der Waals surface area (Å²) in [6, 6.07) is 3.27. The molecule has 0 fully saturated rings. The number of nitrogens with two attached hydrogens (primary N) is 1. The Hall–Kier alpha value is -1.44. The summed E-state index contributed by atoms with van der Waals surface area (Å²) in [5.74, 6) is -0.793. The predicted molar refractivity (Wildman–Crippen MR) is 66.9 cm³/mol. The maximum absolute atomic E-state index is 13.3. The van der Waals surface area contributed by atoms with Gasteiger partial charge in [0, 0.05) is 13.1 Å². The minimum absolute atomic E-state index is 0.0366. The molecular formula is C11H15FN2O3S. The molecule has 0 unspecified atom stereocenters. The normalized spacial score (nSPS) is 11.7. The van der Waals surface area contributed by atoms with Gasteiger partial charge in [-0.1, -0.05) is 6.08 Å². The molecule has 1 rings (SSSR count). The van der Waals surface area contributed by atoms with Gasteiger partial charge in [-0.25, -0.2) is 12.8 Å². The molecule has 18 heavy (non-hydrogen) atoms. The number of rotatable bonds is 6. The topological polar surface area (TPSA) is 83.6 Å². The summed E-state index contributed by atoms with van der Waals surface area (Å²) in [5.41, 5.74) is 5.17. The van der Waals surface area contributed by atoms with Crippen LogP contribution in [0.15, 0.2) is 35.7 Å². The van der Waals surface area contributed by atoms with E-state index in [2.05, 4.69) is 6.58 Å². The van der Waals surface area contributed by atoms with Gasteiger partial charge < -0.3 is 10.8 Å². The van der Waals surface area contributed by atoms with Crippen molar-refractivity contribution in [3.63, 3.8) is 0 Å². The van der Waals surface area contributed by atoms with Crippen LogP contribution in [-0.4, -0.2) is 37.5 Å². The summed E-state index contributed by atoms with van der Waals surface area (Å²) in [4.78, 5) is -0.204. The summed E-state index contributed by atoms with van der Waals surface area (Å²) in [7, 11) is -3.86. The fraction of sp³-hybridized carbons (Fsp3) is 0.273. The van der Waals surface area contributed by atoms with Gasteiger partial charge in [-0.05, 0) is 18.2 Å². The zero-order chi connectivity index (χ0) is 13.8. The first-order valence-electron chi connectivity index (χ1n) is 5.20. The zero-order valence-corrected chi connectivity index (χ0v) is 10.5. The van der Waals surface area contributed by atoms with Gasteiger partial charge >= 0.3 is 0 Å². The Morgan fingerprint density at radius 1 is 1.50 bits per heavy atom. The fourth-order valence-electron chi connectivity index (χ4n) is 1.38. The zero-order valence-electron chi connectivity index (χ0n) is 9.71. The predicted octanol–water partition coefficient (Wildman–Crippen LogP) is 0.577. The Morgan fingerprint density at radius 2 is 2.17 bits per heavy atom. The molecule has 0 spiro atoms. The third kappa shape index (κ3) is 3.06. The van der Waals surface area contributed by atoms with E-state index in [0.29, 0.717) is 0 Å². The van der Waals surface area contributed by atoms with Gasteiger partial charge in [0.1, 0.15) is 5.82 Å². The molecule has 0 amide bonds. The molecule has 100 valence electrons. The number of sulfonamides is 1. The number of benzene rings is 1. The molecule has 7 heteroatoms. The number of hydrogen-bond donors (Lipinski definition) is 2. The Labute approximate surface area is 105 Å². The SMILES string of the molecule is C=CCN(CCO)S(=O)(=O)c1ccc(N)c(F)c1. The van der Waals surface area contributed by atoms with Gasteiger partial charge in [0.15, 0.2) is 0 Å².